The van der Waals surface area contributed by atoms with E-state index in [9.17, 15) is 13.2 Å². The van der Waals surface area contributed by atoms with Crippen LogP contribution in [-0.2, 0) is 5.51 Å². The summed E-state index contributed by atoms with van der Waals surface area (Å²) in [6.45, 7) is 5.46. The largest absolute Gasteiger partial charge is 0.601 e. The van der Waals surface area contributed by atoms with Gasteiger partial charge in [0.15, 0.2) is 9.23 Å². The SMILES string of the molecule is C=c1/c(=C\C=C/C)c2ccccc2[s+]1C(F)(F)F. The average molecular weight is 269 g/mol. The molecule has 0 spiro atoms. The molecule has 0 aliphatic heterocycles. The summed E-state index contributed by atoms with van der Waals surface area (Å²) in [5.41, 5.74) is -4.27. The number of benzene rings is 1. The van der Waals surface area contributed by atoms with Crippen molar-refractivity contribution in [2.75, 3.05) is 0 Å². The van der Waals surface area contributed by atoms with Gasteiger partial charge in [-0.25, -0.2) is 0 Å². The number of rotatable bonds is 1. The van der Waals surface area contributed by atoms with E-state index in [-0.39, 0.29) is 4.53 Å². The molecule has 1 unspecified atom stereocenters. The Morgan fingerprint density at radius 1 is 1.22 bits per heavy atom. The van der Waals surface area contributed by atoms with Gasteiger partial charge in [-0.15, -0.1) is 13.2 Å². The van der Waals surface area contributed by atoms with Crippen molar-refractivity contribution in [3.63, 3.8) is 0 Å². The fraction of sp³-hybridized carbons (Fsp3) is 0.143. The van der Waals surface area contributed by atoms with E-state index in [2.05, 4.69) is 6.58 Å². The fourth-order valence-electron chi connectivity index (χ4n) is 1.90. The summed E-state index contributed by atoms with van der Waals surface area (Å²) in [6.07, 6.45) is 5.22. The lowest BCUT2D eigenvalue weighted by atomic mass is 10.2. The monoisotopic (exact) mass is 269 g/mol. The van der Waals surface area contributed by atoms with E-state index < -0.39 is 16.0 Å². The number of hydrogen-bond acceptors (Lipinski definition) is 0. The van der Waals surface area contributed by atoms with Crippen molar-refractivity contribution in [3.05, 3.63) is 46.2 Å². The third-order valence-corrected chi connectivity index (χ3v) is 4.60. The third-order valence-electron chi connectivity index (χ3n) is 2.63. The van der Waals surface area contributed by atoms with Gasteiger partial charge in [0.1, 0.15) is 10.5 Å². The molecule has 0 N–H and O–H groups in total. The van der Waals surface area contributed by atoms with E-state index in [4.69, 9.17) is 0 Å². The molecule has 94 valence electrons. The molecule has 1 heterocycles. The van der Waals surface area contributed by atoms with Gasteiger partial charge in [0, 0.05) is 10.6 Å². The Morgan fingerprint density at radius 2 is 1.89 bits per heavy atom. The summed E-state index contributed by atoms with van der Waals surface area (Å²) in [5, 5.41) is 1.23. The average Bonchev–Trinajstić information content (AvgIpc) is 2.58. The smallest absolute Gasteiger partial charge is 0.118 e. The predicted octanol–water partition coefficient (Wildman–Crippen LogP) is 3.83. The first-order valence-electron chi connectivity index (χ1n) is 5.39. The lowest BCUT2D eigenvalue weighted by Crippen LogP contribution is -2.20. The summed E-state index contributed by atoms with van der Waals surface area (Å²) in [5.74, 6) is 0. The van der Waals surface area contributed by atoms with Crippen LogP contribution in [0.5, 0.6) is 0 Å². The lowest BCUT2D eigenvalue weighted by molar-refractivity contribution is -0.0867. The molecular formula is C14H12F3S+. The van der Waals surface area contributed by atoms with Crippen LogP contribution < -0.4 is 9.75 Å². The standard InChI is InChI=1S/C14H12F3S/c1-3-4-7-11-10(2)18(14(15,16)17)13-9-6-5-8-12(11)13/h3-9H,2H2,1H3/q+1/b4-3-,11-7+. The molecule has 4 heteroatoms. The Balaban J connectivity index is 2.99. The number of halogens is 3. The van der Waals surface area contributed by atoms with Gasteiger partial charge in [0.2, 0.25) is 0 Å². The van der Waals surface area contributed by atoms with Crippen molar-refractivity contribution in [2.45, 2.75) is 12.4 Å². The highest BCUT2D eigenvalue weighted by molar-refractivity contribution is 7.36. The summed E-state index contributed by atoms with van der Waals surface area (Å²) < 4.78 is 39.8. The zero-order valence-electron chi connectivity index (χ0n) is 9.79. The highest BCUT2D eigenvalue weighted by Gasteiger charge is 2.46. The van der Waals surface area contributed by atoms with Gasteiger partial charge >= 0.3 is 5.51 Å². The van der Waals surface area contributed by atoms with Crippen LogP contribution in [0.4, 0.5) is 13.2 Å². The molecule has 1 aromatic heterocycles. The Bertz CT molecular complexity index is 705. The number of alkyl halides is 3. The maximum atomic E-state index is 13.1. The third kappa shape index (κ3) is 2.08. The minimum atomic E-state index is -4.27. The molecule has 1 atom stereocenters. The van der Waals surface area contributed by atoms with Crippen LogP contribution in [0, 0.1) is 0 Å². The zero-order chi connectivity index (χ0) is 13.3. The van der Waals surface area contributed by atoms with E-state index in [1.54, 1.807) is 36.4 Å². The molecule has 18 heavy (non-hydrogen) atoms. The molecule has 2 aromatic rings. The Labute approximate surface area is 105 Å². The molecular weight excluding hydrogens is 257 g/mol. The predicted molar refractivity (Wildman–Crippen MR) is 71.8 cm³/mol. The Kier molecular flexibility index (Phi) is 3.30. The van der Waals surface area contributed by atoms with Gasteiger partial charge in [-0.3, -0.25) is 0 Å². The van der Waals surface area contributed by atoms with Gasteiger partial charge in [-0.2, -0.15) is 0 Å². The maximum absolute atomic E-state index is 13.1. The number of thiophene rings is 1. The minimum Gasteiger partial charge on any atom is -0.118 e. The summed E-state index contributed by atoms with van der Waals surface area (Å²) in [6, 6.07) is 6.64. The van der Waals surface area contributed by atoms with Crippen molar-refractivity contribution in [2.24, 2.45) is 0 Å². The van der Waals surface area contributed by atoms with Crippen molar-refractivity contribution < 1.29 is 13.2 Å². The first kappa shape index (κ1) is 12.9. The fourth-order valence-corrected chi connectivity index (χ4v) is 3.70. The minimum absolute atomic E-state index is 0.154. The zero-order valence-corrected chi connectivity index (χ0v) is 10.6. The number of hydrogen-bond donors (Lipinski definition) is 0. The van der Waals surface area contributed by atoms with E-state index in [1.165, 1.54) is 6.07 Å². The van der Waals surface area contributed by atoms with Gasteiger partial charge in [-0.05, 0) is 31.7 Å². The van der Waals surface area contributed by atoms with Crippen molar-refractivity contribution in [1.29, 1.82) is 0 Å². The second-order valence-corrected chi connectivity index (χ2v) is 5.79. The summed E-state index contributed by atoms with van der Waals surface area (Å²) in [7, 11) is -1.89. The molecule has 0 amide bonds. The normalized spacial score (nSPS) is 14.9. The van der Waals surface area contributed by atoms with E-state index >= 15 is 0 Å². The quantitative estimate of drug-likeness (QED) is 0.690. The van der Waals surface area contributed by atoms with Gasteiger partial charge < -0.3 is 0 Å². The highest BCUT2D eigenvalue weighted by Crippen LogP contribution is 2.42. The van der Waals surface area contributed by atoms with Crippen LogP contribution in [0.1, 0.15) is 6.92 Å². The summed E-state index contributed by atoms with van der Waals surface area (Å²) in [4.78, 5) is 0. The second kappa shape index (κ2) is 4.61. The maximum Gasteiger partial charge on any atom is 0.601 e. The molecule has 0 bridgehead atoms. The highest BCUT2D eigenvalue weighted by atomic mass is 32.2. The van der Waals surface area contributed by atoms with Crippen molar-refractivity contribution >= 4 is 33.2 Å². The first-order valence-corrected chi connectivity index (χ1v) is 6.62. The van der Waals surface area contributed by atoms with Crippen LogP contribution in [0.25, 0.3) is 22.7 Å². The molecule has 0 aliphatic rings. The summed E-state index contributed by atoms with van der Waals surface area (Å²) >= 11 is 0. The molecule has 0 nitrogen and oxygen atoms in total. The van der Waals surface area contributed by atoms with Gasteiger partial charge in [-0.1, -0.05) is 24.3 Å². The molecule has 0 saturated heterocycles. The Hall–Kier alpha value is -1.55. The number of allylic oxidation sites excluding steroid dienone is 2. The van der Waals surface area contributed by atoms with Crippen molar-refractivity contribution in [1.82, 2.24) is 0 Å². The Morgan fingerprint density at radius 3 is 2.50 bits per heavy atom. The molecule has 0 saturated carbocycles. The molecule has 2 rings (SSSR count). The van der Waals surface area contributed by atoms with Crippen LogP contribution in [0.3, 0.4) is 0 Å². The van der Waals surface area contributed by atoms with Gasteiger partial charge in [0.25, 0.3) is 0 Å². The lowest BCUT2D eigenvalue weighted by Gasteiger charge is -1.94. The van der Waals surface area contributed by atoms with E-state index in [1.807, 2.05) is 6.92 Å². The van der Waals surface area contributed by atoms with Crippen LogP contribution in [0.2, 0.25) is 0 Å². The molecule has 1 aromatic carbocycles. The van der Waals surface area contributed by atoms with Crippen LogP contribution >= 0.6 is 10.5 Å². The molecule has 0 fully saturated rings. The van der Waals surface area contributed by atoms with Gasteiger partial charge in [0.05, 0.1) is 0 Å². The molecule has 0 aliphatic carbocycles. The van der Waals surface area contributed by atoms with Crippen LogP contribution in [0.15, 0.2) is 36.4 Å². The van der Waals surface area contributed by atoms with Crippen molar-refractivity contribution in [3.8, 4) is 0 Å². The van der Waals surface area contributed by atoms with E-state index in [0.29, 0.717) is 15.3 Å². The topological polar surface area (TPSA) is 0 Å². The van der Waals surface area contributed by atoms with Crippen LogP contribution in [-0.4, -0.2) is 0 Å². The number of fused-ring (bicyclic) bond motifs is 1. The van der Waals surface area contributed by atoms with E-state index in [0.717, 1.165) is 0 Å². The molecule has 0 radical (unpaired) electrons. The first-order chi connectivity index (χ1) is 8.46. The second-order valence-electron chi connectivity index (χ2n) is 3.78.